The largest absolute Gasteiger partial charge is 0.491 e. The molecule has 8 heteroatoms. The maximum absolute atomic E-state index is 13.4. The molecule has 2 aromatic rings. The number of benzene rings is 1. The molecule has 2 heterocycles. The average molecular weight is 479 g/mol. The fraction of sp³-hybridized carbons (Fsp3) is 0.500. The topological polar surface area (TPSA) is 59.1 Å². The van der Waals surface area contributed by atoms with Crippen LogP contribution in [0.25, 0.3) is 0 Å². The summed E-state index contributed by atoms with van der Waals surface area (Å²) in [4.78, 5) is 30.8. The third kappa shape index (κ3) is 5.63. The fourth-order valence-electron chi connectivity index (χ4n) is 3.88. The molecule has 2 amide bonds. The molecule has 0 radical (unpaired) electrons. The van der Waals surface area contributed by atoms with Gasteiger partial charge in [-0.2, -0.15) is 0 Å². The van der Waals surface area contributed by atoms with E-state index in [9.17, 15) is 9.59 Å². The van der Waals surface area contributed by atoms with Crippen molar-refractivity contribution in [1.82, 2.24) is 9.80 Å². The van der Waals surface area contributed by atoms with Crippen LogP contribution in [0.2, 0.25) is 5.02 Å². The second kappa shape index (κ2) is 10.2. The highest BCUT2D eigenvalue weighted by Gasteiger charge is 2.35. The van der Waals surface area contributed by atoms with Crippen LogP contribution in [-0.4, -0.2) is 60.6 Å². The van der Waals surface area contributed by atoms with Crippen LogP contribution in [-0.2, 0) is 20.7 Å². The molecule has 1 aromatic carbocycles. The molecule has 0 N–H and O–H groups in total. The third-order valence-electron chi connectivity index (χ3n) is 5.62. The monoisotopic (exact) mass is 478 g/mol. The van der Waals surface area contributed by atoms with Crippen LogP contribution in [0, 0.1) is 6.92 Å². The minimum absolute atomic E-state index is 0.00170. The van der Waals surface area contributed by atoms with Crippen LogP contribution in [0.5, 0.6) is 5.75 Å². The predicted octanol–water partition coefficient (Wildman–Crippen LogP) is 4.49. The standard InChI is InChI=1S/C24H31ClN2O4S/c1-16-12-17(6-7-19(16)25)31-14-20-18-9-11-32-21(18)8-10-26(20)22(28)13-27(24(2,3)4)23(29)15-30-5/h6-7,9,11-12,20H,8,10,13-15H2,1-5H3. The molecule has 1 aromatic heterocycles. The minimum Gasteiger partial charge on any atom is -0.491 e. The molecule has 174 valence electrons. The molecule has 0 spiro atoms. The predicted molar refractivity (Wildman–Crippen MR) is 128 cm³/mol. The zero-order chi connectivity index (χ0) is 23.5. The maximum Gasteiger partial charge on any atom is 0.249 e. The Labute approximate surface area is 199 Å². The van der Waals surface area contributed by atoms with Crippen LogP contribution in [0.15, 0.2) is 29.6 Å². The van der Waals surface area contributed by atoms with Gasteiger partial charge in [0.15, 0.2) is 0 Å². The molecule has 0 aliphatic carbocycles. The fourth-order valence-corrected chi connectivity index (χ4v) is 4.93. The number of aryl methyl sites for hydroxylation is 1. The first-order valence-electron chi connectivity index (χ1n) is 10.7. The van der Waals surface area contributed by atoms with Crippen molar-refractivity contribution in [3.63, 3.8) is 0 Å². The number of methoxy groups -OCH3 is 1. The van der Waals surface area contributed by atoms with Crippen molar-refractivity contribution >= 4 is 34.8 Å². The van der Waals surface area contributed by atoms with Gasteiger partial charge in [0.2, 0.25) is 11.8 Å². The van der Waals surface area contributed by atoms with E-state index >= 15 is 0 Å². The molecule has 0 bridgehead atoms. The Balaban J connectivity index is 1.80. The van der Waals surface area contributed by atoms with E-state index in [1.54, 1.807) is 16.2 Å². The Morgan fingerprint density at radius 2 is 2.03 bits per heavy atom. The lowest BCUT2D eigenvalue weighted by atomic mass is 10.00. The molecule has 1 aliphatic rings. The molecule has 1 unspecified atom stereocenters. The number of hydrogen-bond acceptors (Lipinski definition) is 5. The number of rotatable bonds is 7. The summed E-state index contributed by atoms with van der Waals surface area (Å²) in [6, 6.07) is 7.40. The lowest BCUT2D eigenvalue weighted by Gasteiger charge is -2.40. The van der Waals surface area contributed by atoms with Crippen molar-refractivity contribution in [3.05, 3.63) is 50.7 Å². The smallest absolute Gasteiger partial charge is 0.249 e. The number of thiophene rings is 1. The van der Waals surface area contributed by atoms with Crippen LogP contribution in [0.1, 0.15) is 42.8 Å². The van der Waals surface area contributed by atoms with Gasteiger partial charge in [-0.1, -0.05) is 11.6 Å². The van der Waals surface area contributed by atoms with Crippen molar-refractivity contribution in [3.8, 4) is 5.75 Å². The molecule has 6 nitrogen and oxygen atoms in total. The molecule has 0 saturated carbocycles. The Hall–Kier alpha value is -2.09. The minimum atomic E-state index is -0.499. The zero-order valence-corrected chi connectivity index (χ0v) is 20.9. The zero-order valence-electron chi connectivity index (χ0n) is 19.3. The number of ether oxygens (including phenoxy) is 2. The second-order valence-corrected chi connectivity index (χ2v) is 10.4. The molecule has 1 aliphatic heterocycles. The summed E-state index contributed by atoms with van der Waals surface area (Å²) < 4.78 is 11.1. The van der Waals surface area contributed by atoms with Gasteiger partial charge in [0.05, 0.1) is 6.04 Å². The van der Waals surface area contributed by atoms with E-state index in [-0.39, 0.29) is 31.0 Å². The first-order chi connectivity index (χ1) is 15.1. The summed E-state index contributed by atoms with van der Waals surface area (Å²) in [6.45, 7) is 8.57. The highest BCUT2D eigenvalue weighted by Crippen LogP contribution is 2.34. The Morgan fingerprint density at radius 3 is 2.69 bits per heavy atom. The Morgan fingerprint density at radius 1 is 1.28 bits per heavy atom. The number of amides is 2. The molecular formula is C24H31ClN2O4S. The quantitative estimate of drug-likeness (QED) is 0.588. The lowest BCUT2D eigenvalue weighted by Crippen LogP contribution is -2.53. The van der Waals surface area contributed by atoms with E-state index in [0.717, 1.165) is 17.5 Å². The van der Waals surface area contributed by atoms with Crippen LogP contribution >= 0.6 is 22.9 Å². The summed E-state index contributed by atoms with van der Waals surface area (Å²) in [5, 5.41) is 2.75. The molecule has 3 rings (SSSR count). The number of halogens is 1. The van der Waals surface area contributed by atoms with Crippen molar-refractivity contribution < 1.29 is 19.1 Å². The Bertz CT molecular complexity index is 969. The van der Waals surface area contributed by atoms with Crippen LogP contribution in [0.4, 0.5) is 0 Å². The van der Waals surface area contributed by atoms with E-state index in [1.807, 2.05) is 50.8 Å². The van der Waals surface area contributed by atoms with Crippen molar-refractivity contribution in [2.75, 3.05) is 33.4 Å². The highest BCUT2D eigenvalue weighted by molar-refractivity contribution is 7.10. The van der Waals surface area contributed by atoms with Crippen molar-refractivity contribution in [2.24, 2.45) is 0 Å². The lowest BCUT2D eigenvalue weighted by molar-refractivity contribution is -0.148. The van der Waals surface area contributed by atoms with E-state index in [4.69, 9.17) is 21.1 Å². The highest BCUT2D eigenvalue weighted by atomic mass is 35.5. The first kappa shape index (κ1) is 24.6. The number of fused-ring (bicyclic) bond motifs is 1. The summed E-state index contributed by atoms with van der Waals surface area (Å²) >= 11 is 7.84. The van der Waals surface area contributed by atoms with Gasteiger partial charge in [0.1, 0.15) is 25.5 Å². The van der Waals surface area contributed by atoms with Crippen LogP contribution in [0.3, 0.4) is 0 Å². The molecule has 32 heavy (non-hydrogen) atoms. The number of carbonyl (C=O) groups excluding carboxylic acids is 2. The van der Waals surface area contributed by atoms with Crippen molar-refractivity contribution in [1.29, 1.82) is 0 Å². The normalized spacial score (nSPS) is 15.9. The molecule has 0 fully saturated rings. The summed E-state index contributed by atoms with van der Waals surface area (Å²) in [7, 11) is 1.48. The van der Waals surface area contributed by atoms with Gasteiger partial charge in [-0.25, -0.2) is 0 Å². The maximum atomic E-state index is 13.4. The number of hydrogen-bond donors (Lipinski definition) is 0. The van der Waals surface area contributed by atoms with E-state index in [1.165, 1.54) is 12.0 Å². The van der Waals surface area contributed by atoms with Gasteiger partial charge in [-0.15, -0.1) is 11.3 Å². The summed E-state index contributed by atoms with van der Waals surface area (Å²) in [5.41, 5.74) is 1.56. The Kier molecular flexibility index (Phi) is 7.85. The van der Waals surface area contributed by atoms with Gasteiger partial charge in [-0.05, 0) is 74.9 Å². The van der Waals surface area contributed by atoms with Gasteiger partial charge >= 0.3 is 0 Å². The number of carbonyl (C=O) groups is 2. The van der Waals surface area contributed by atoms with Crippen molar-refractivity contribution in [2.45, 2.75) is 45.7 Å². The first-order valence-corrected chi connectivity index (χ1v) is 11.9. The summed E-state index contributed by atoms with van der Waals surface area (Å²) in [5.74, 6) is 0.418. The van der Waals surface area contributed by atoms with Gasteiger partial charge < -0.3 is 19.3 Å². The van der Waals surface area contributed by atoms with Gasteiger partial charge in [0, 0.05) is 29.1 Å². The summed E-state index contributed by atoms with van der Waals surface area (Å²) in [6.07, 6.45) is 0.802. The van der Waals surface area contributed by atoms with E-state index in [2.05, 4.69) is 11.4 Å². The van der Waals surface area contributed by atoms with Gasteiger partial charge in [0.25, 0.3) is 0 Å². The van der Waals surface area contributed by atoms with E-state index < -0.39 is 5.54 Å². The molecular weight excluding hydrogens is 448 g/mol. The SMILES string of the molecule is COCC(=O)N(CC(=O)N1CCc2sccc2C1COc1ccc(Cl)c(C)c1)C(C)(C)C. The number of nitrogens with zero attached hydrogens (tertiary/aromatic N) is 2. The van der Waals surface area contributed by atoms with Crippen LogP contribution < -0.4 is 4.74 Å². The second-order valence-electron chi connectivity index (χ2n) is 8.96. The molecule has 1 atom stereocenters. The van der Waals surface area contributed by atoms with E-state index in [0.29, 0.717) is 23.9 Å². The van der Waals surface area contributed by atoms with Gasteiger partial charge in [-0.3, -0.25) is 9.59 Å². The molecule has 0 saturated heterocycles. The third-order valence-corrected chi connectivity index (χ3v) is 7.05. The average Bonchev–Trinajstić information content (AvgIpc) is 3.20.